The van der Waals surface area contributed by atoms with Crippen LogP contribution in [0.2, 0.25) is 0 Å². The number of aromatic nitrogens is 2. The average molecular weight is 221 g/mol. The largest absolute Gasteiger partial charge is 0.330 e. The summed E-state index contributed by atoms with van der Waals surface area (Å²) in [5, 5.41) is 2.09. The topological polar surface area (TPSA) is 43.8 Å². The zero-order chi connectivity index (χ0) is 10.8. The first-order chi connectivity index (χ1) is 7.24. The van der Waals surface area contributed by atoms with Crippen molar-refractivity contribution < 1.29 is 0 Å². The van der Waals surface area contributed by atoms with Gasteiger partial charge in [0.05, 0.1) is 16.3 Å². The number of imidazole rings is 1. The number of rotatable bonds is 3. The Morgan fingerprint density at radius 2 is 2.33 bits per heavy atom. The van der Waals surface area contributed by atoms with Crippen LogP contribution in [0.4, 0.5) is 0 Å². The smallest absolute Gasteiger partial charge is 0.110 e. The van der Waals surface area contributed by atoms with Crippen LogP contribution in [0.25, 0.3) is 10.6 Å². The molecule has 0 amide bonds. The van der Waals surface area contributed by atoms with E-state index in [1.54, 1.807) is 11.3 Å². The summed E-state index contributed by atoms with van der Waals surface area (Å²) in [4.78, 5) is 5.81. The van der Waals surface area contributed by atoms with Gasteiger partial charge >= 0.3 is 0 Å². The fraction of sp³-hybridized carbons (Fsp3) is 0.364. The highest BCUT2D eigenvalue weighted by atomic mass is 32.1. The molecule has 0 saturated heterocycles. The Kier molecular flexibility index (Phi) is 2.88. The zero-order valence-electron chi connectivity index (χ0n) is 9.03. The summed E-state index contributed by atoms with van der Waals surface area (Å²) in [5.74, 6) is 1.07. The van der Waals surface area contributed by atoms with Crippen LogP contribution in [0.1, 0.15) is 11.5 Å². The molecule has 0 aliphatic heterocycles. The van der Waals surface area contributed by atoms with Gasteiger partial charge in [-0.15, -0.1) is 11.3 Å². The third-order valence-corrected chi connectivity index (χ3v) is 3.36. The molecule has 15 heavy (non-hydrogen) atoms. The van der Waals surface area contributed by atoms with E-state index in [9.17, 15) is 0 Å². The van der Waals surface area contributed by atoms with Crippen molar-refractivity contribution in [3.05, 3.63) is 29.0 Å². The molecular formula is C11H15N3S. The van der Waals surface area contributed by atoms with Gasteiger partial charge in [-0.25, -0.2) is 4.98 Å². The Balaban J connectivity index is 2.48. The van der Waals surface area contributed by atoms with Gasteiger partial charge in [-0.3, -0.25) is 0 Å². The van der Waals surface area contributed by atoms with Crippen molar-refractivity contribution in [2.75, 3.05) is 6.54 Å². The van der Waals surface area contributed by atoms with Gasteiger partial charge < -0.3 is 10.3 Å². The Bertz CT molecular complexity index is 443. The maximum absolute atomic E-state index is 5.56. The lowest BCUT2D eigenvalue weighted by molar-refractivity contribution is 0.782. The monoisotopic (exact) mass is 221 g/mol. The minimum Gasteiger partial charge on any atom is -0.330 e. The van der Waals surface area contributed by atoms with Crippen LogP contribution in [0.15, 0.2) is 17.5 Å². The highest BCUT2D eigenvalue weighted by Gasteiger charge is 2.12. The van der Waals surface area contributed by atoms with Crippen LogP contribution in [0.3, 0.4) is 0 Å². The summed E-state index contributed by atoms with van der Waals surface area (Å²) in [6.45, 7) is 2.70. The maximum Gasteiger partial charge on any atom is 0.110 e. The molecule has 0 unspecified atom stereocenters. The lowest BCUT2D eigenvalue weighted by Gasteiger charge is -2.03. The molecule has 0 bridgehead atoms. The molecule has 2 rings (SSSR count). The van der Waals surface area contributed by atoms with Crippen molar-refractivity contribution in [1.82, 2.24) is 9.55 Å². The second-order valence-electron chi connectivity index (χ2n) is 3.54. The summed E-state index contributed by atoms with van der Waals surface area (Å²) < 4.78 is 2.15. The van der Waals surface area contributed by atoms with E-state index in [1.807, 2.05) is 0 Å². The molecule has 2 aromatic heterocycles. The molecule has 0 aliphatic carbocycles. The fourth-order valence-corrected chi connectivity index (χ4v) is 2.66. The molecule has 0 fully saturated rings. The van der Waals surface area contributed by atoms with Gasteiger partial charge in [0.15, 0.2) is 0 Å². The van der Waals surface area contributed by atoms with Gasteiger partial charge in [-0.1, -0.05) is 6.07 Å². The normalized spacial score (nSPS) is 10.9. The predicted molar refractivity (Wildman–Crippen MR) is 64.0 cm³/mol. The van der Waals surface area contributed by atoms with Gasteiger partial charge in [0, 0.05) is 13.5 Å². The molecule has 0 atom stereocenters. The Hall–Kier alpha value is -1.13. The standard InChI is InChI=1S/C11H15N3S/c1-8-11(9-4-3-7-15-9)14(2)10(13-8)5-6-12/h3-4,7H,5-6,12H2,1-2H3. The molecule has 0 radical (unpaired) electrons. The van der Waals surface area contributed by atoms with Crippen LogP contribution < -0.4 is 5.73 Å². The molecule has 4 heteroatoms. The summed E-state index contributed by atoms with van der Waals surface area (Å²) in [6, 6.07) is 4.19. The summed E-state index contributed by atoms with van der Waals surface area (Å²) in [5.41, 5.74) is 7.86. The van der Waals surface area contributed by atoms with Crippen molar-refractivity contribution in [1.29, 1.82) is 0 Å². The third-order valence-electron chi connectivity index (χ3n) is 2.48. The van der Waals surface area contributed by atoms with E-state index >= 15 is 0 Å². The summed E-state index contributed by atoms with van der Waals surface area (Å²) >= 11 is 1.74. The van der Waals surface area contributed by atoms with Crippen molar-refractivity contribution in [3.8, 4) is 10.6 Å². The van der Waals surface area contributed by atoms with Crippen LogP contribution in [-0.4, -0.2) is 16.1 Å². The zero-order valence-corrected chi connectivity index (χ0v) is 9.84. The Morgan fingerprint density at radius 3 is 2.93 bits per heavy atom. The predicted octanol–water partition coefficient (Wildman–Crippen LogP) is 1.96. The van der Waals surface area contributed by atoms with E-state index in [0.29, 0.717) is 6.54 Å². The van der Waals surface area contributed by atoms with Crippen molar-refractivity contribution in [2.24, 2.45) is 12.8 Å². The van der Waals surface area contributed by atoms with Crippen molar-refractivity contribution >= 4 is 11.3 Å². The lowest BCUT2D eigenvalue weighted by atomic mass is 10.3. The van der Waals surface area contributed by atoms with Crippen LogP contribution >= 0.6 is 11.3 Å². The van der Waals surface area contributed by atoms with Crippen LogP contribution in [-0.2, 0) is 13.5 Å². The number of aryl methyl sites for hydroxylation is 1. The first-order valence-corrected chi connectivity index (χ1v) is 5.88. The number of thiophene rings is 1. The van der Waals surface area contributed by atoms with Crippen LogP contribution in [0, 0.1) is 6.92 Å². The van der Waals surface area contributed by atoms with Gasteiger partial charge in [0.25, 0.3) is 0 Å². The number of hydrogen-bond donors (Lipinski definition) is 1. The SMILES string of the molecule is Cc1nc(CCN)n(C)c1-c1cccs1. The third kappa shape index (κ3) is 1.82. The van der Waals surface area contributed by atoms with Gasteiger partial charge in [0.2, 0.25) is 0 Å². The second kappa shape index (κ2) is 4.16. The molecule has 0 aromatic carbocycles. The summed E-state index contributed by atoms with van der Waals surface area (Å²) in [7, 11) is 2.06. The maximum atomic E-state index is 5.56. The van der Waals surface area contributed by atoms with E-state index in [2.05, 4.69) is 41.0 Å². The first kappa shape index (κ1) is 10.4. The number of nitrogens with two attached hydrogens (primary N) is 1. The number of nitrogens with zero attached hydrogens (tertiary/aromatic N) is 2. The molecule has 0 spiro atoms. The first-order valence-electron chi connectivity index (χ1n) is 5.00. The Morgan fingerprint density at radius 1 is 1.53 bits per heavy atom. The van der Waals surface area contributed by atoms with Gasteiger partial charge in [-0.2, -0.15) is 0 Å². The lowest BCUT2D eigenvalue weighted by Crippen LogP contribution is -2.08. The highest BCUT2D eigenvalue weighted by molar-refractivity contribution is 7.13. The quantitative estimate of drug-likeness (QED) is 0.861. The number of hydrogen-bond acceptors (Lipinski definition) is 3. The van der Waals surface area contributed by atoms with E-state index in [-0.39, 0.29) is 0 Å². The van der Waals surface area contributed by atoms with E-state index in [1.165, 1.54) is 10.6 Å². The molecule has 0 aliphatic rings. The molecule has 2 N–H and O–H groups in total. The van der Waals surface area contributed by atoms with Crippen LogP contribution in [0.5, 0.6) is 0 Å². The average Bonchev–Trinajstić information content (AvgIpc) is 2.77. The van der Waals surface area contributed by atoms with Gasteiger partial charge in [0.1, 0.15) is 5.82 Å². The minimum atomic E-state index is 0.647. The molecular weight excluding hydrogens is 206 g/mol. The molecule has 80 valence electrons. The fourth-order valence-electron chi connectivity index (χ4n) is 1.80. The van der Waals surface area contributed by atoms with E-state index in [4.69, 9.17) is 5.73 Å². The van der Waals surface area contributed by atoms with E-state index < -0.39 is 0 Å². The Labute approximate surface area is 93.6 Å². The van der Waals surface area contributed by atoms with Crippen molar-refractivity contribution in [3.63, 3.8) is 0 Å². The summed E-state index contributed by atoms with van der Waals surface area (Å²) in [6.07, 6.45) is 0.836. The van der Waals surface area contributed by atoms with Gasteiger partial charge in [-0.05, 0) is 24.9 Å². The van der Waals surface area contributed by atoms with Crippen molar-refractivity contribution in [2.45, 2.75) is 13.3 Å². The molecule has 0 saturated carbocycles. The molecule has 2 heterocycles. The molecule has 3 nitrogen and oxygen atoms in total. The second-order valence-corrected chi connectivity index (χ2v) is 4.48. The highest BCUT2D eigenvalue weighted by Crippen LogP contribution is 2.27. The molecule has 2 aromatic rings. The minimum absolute atomic E-state index is 0.647. The van der Waals surface area contributed by atoms with E-state index in [0.717, 1.165) is 17.9 Å².